The lowest BCUT2D eigenvalue weighted by molar-refractivity contribution is -0.131. The van der Waals surface area contributed by atoms with Crippen LogP contribution in [0.3, 0.4) is 0 Å². The first-order chi connectivity index (χ1) is 7.97. The number of nitrogens with one attached hydrogen (secondary N) is 2. The first-order valence-electron chi connectivity index (χ1n) is 6.12. The highest BCUT2D eigenvalue weighted by Gasteiger charge is 2.10. The second kappa shape index (κ2) is 11.3. The zero-order chi connectivity index (χ0) is 13.3. The molecule has 0 spiro atoms. The van der Waals surface area contributed by atoms with Crippen LogP contribution in [0.15, 0.2) is 0 Å². The summed E-state index contributed by atoms with van der Waals surface area (Å²) in [5, 5.41) is 5.61. The van der Waals surface area contributed by atoms with E-state index in [0.29, 0.717) is 18.9 Å². The molecule has 0 saturated carbocycles. The highest BCUT2D eigenvalue weighted by atomic mass is 35.5. The van der Waals surface area contributed by atoms with Crippen LogP contribution in [-0.2, 0) is 9.59 Å². The van der Waals surface area contributed by atoms with Gasteiger partial charge in [0.2, 0.25) is 11.8 Å². The fourth-order valence-corrected chi connectivity index (χ4v) is 1.22. The number of amides is 2. The first-order valence-corrected chi connectivity index (χ1v) is 6.12. The Morgan fingerprint density at radius 1 is 1.28 bits per heavy atom. The van der Waals surface area contributed by atoms with Crippen LogP contribution >= 0.6 is 12.4 Å². The number of hydrogen-bond acceptors (Lipinski definition) is 3. The lowest BCUT2D eigenvalue weighted by Gasteiger charge is -2.17. The summed E-state index contributed by atoms with van der Waals surface area (Å²) in [5.74, 6) is 0.405. The molecule has 0 radical (unpaired) electrons. The fraction of sp³-hybridized carbons (Fsp3) is 0.833. The molecule has 108 valence electrons. The fourth-order valence-electron chi connectivity index (χ4n) is 1.22. The Kier molecular flexibility index (Phi) is 12.2. The smallest absolute Gasteiger partial charge is 0.241 e. The molecule has 0 unspecified atom stereocenters. The maximum Gasteiger partial charge on any atom is 0.241 e. The molecule has 0 aromatic carbocycles. The minimum atomic E-state index is -0.0573. The predicted molar refractivity (Wildman–Crippen MR) is 75.9 cm³/mol. The van der Waals surface area contributed by atoms with E-state index in [4.69, 9.17) is 0 Å². The molecule has 0 aromatic rings. The Bertz CT molecular complexity index is 247. The largest absolute Gasteiger partial charge is 0.347 e. The molecule has 0 saturated heterocycles. The van der Waals surface area contributed by atoms with Gasteiger partial charge in [-0.25, -0.2) is 0 Å². The van der Waals surface area contributed by atoms with Crippen LogP contribution in [0.2, 0.25) is 0 Å². The molecule has 0 bridgehead atoms. The van der Waals surface area contributed by atoms with Crippen molar-refractivity contribution in [1.82, 2.24) is 15.5 Å². The number of hydrogen-bond donors (Lipinski definition) is 2. The van der Waals surface area contributed by atoms with Crippen LogP contribution in [0.4, 0.5) is 0 Å². The Morgan fingerprint density at radius 3 is 2.39 bits per heavy atom. The van der Waals surface area contributed by atoms with Gasteiger partial charge in [-0.2, -0.15) is 0 Å². The standard InChI is InChI=1S/C12H25N3O2.ClH/c1-10(2)5-6-11(16)14-9-12(17)15(4)8-7-13-3;/h10,13H,5-9H2,1-4H3,(H,14,16);1H. The highest BCUT2D eigenvalue weighted by Crippen LogP contribution is 2.02. The van der Waals surface area contributed by atoms with Gasteiger partial charge in [-0.1, -0.05) is 13.8 Å². The lowest BCUT2D eigenvalue weighted by atomic mass is 10.1. The van der Waals surface area contributed by atoms with Crippen molar-refractivity contribution in [3.8, 4) is 0 Å². The maximum atomic E-state index is 11.6. The van der Waals surface area contributed by atoms with E-state index in [1.54, 1.807) is 11.9 Å². The molecule has 0 aromatic heterocycles. The number of carbonyl (C=O) groups is 2. The van der Waals surface area contributed by atoms with Gasteiger partial charge in [0.05, 0.1) is 6.54 Å². The van der Waals surface area contributed by atoms with Gasteiger partial charge in [0.25, 0.3) is 0 Å². The molecule has 5 nitrogen and oxygen atoms in total. The summed E-state index contributed by atoms with van der Waals surface area (Å²) in [6.45, 7) is 5.64. The van der Waals surface area contributed by atoms with E-state index in [2.05, 4.69) is 24.5 Å². The number of nitrogens with zero attached hydrogens (tertiary/aromatic N) is 1. The van der Waals surface area contributed by atoms with Crippen molar-refractivity contribution >= 4 is 24.2 Å². The topological polar surface area (TPSA) is 61.4 Å². The molecule has 0 rings (SSSR count). The average Bonchev–Trinajstić information content (AvgIpc) is 2.30. The molecule has 0 fully saturated rings. The normalized spacial score (nSPS) is 9.83. The molecule has 0 aliphatic carbocycles. The molecule has 6 heteroatoms. The Morgan fingerprint density at radius 2 is 1.89 bits per heavy atom. The monoisotopic (exact) mass is 279 g/mol. The van der Waals surface area contributed by atoms with Gasteiger partial charge in [0.1, 0.15) is 0 Å². The van der Waals surface area contributed by atoms with Crippen molar-refractivity contribution in [1.29, 1.82) is 0 Å². The van der Waals surface area contributed by atoms with Crippen LogP contribution in [0.25, 0.3) is 0 Å². The quantitative estimate of drug-likeness (QED) is 0.685. The third kappa shape index (κ3) is 10.4. The van der Waals surface area contributed by atoms with E-state index in [1.807, 2.05) is 7.05 Å². The molecule has 0 heterocycles. The summed E-state index contributed by atoms with van der Waals surface area (Å²) in [4.78, 5) is 24.6. The van der Waals surface area contributed by atoms with E-state index >= 15 is 0 Å². The van der Waals surface area contributed by atoms with Crippen LogP contribution in [0.5, 0.6) is 0 Å². The Labute approximate surface area is 116 Å². The predicted octanol–water partition coefficient (Wildman–Crippen LogP) is 0.638. The summed E-state index contributed by atoms with van der Waals surface area (Å²) in [6.07, 6.45) is 1.35. The lowest BCUT2D eigenvalue weighted by Crippen LogP contribution is -2.40. The van der Waals surface area contributed by atoms with Crippen molar-refractivity contribution in [2.45, 2.75) is 26.7 Å². The van der Waals surface area contributed by atoms with Crippen molar-refractivity contribution in [2.24, 2.45) is 5.92 Å². The van der Waals surface area contributed by atoms with Crippen LogP contribution in [0.1, 0.15) is 26.7 Å². The van der Waals surface area contributed by atoms with E-state index in [0.717, 1.165) is 13.0 Å². The van der Waals surface area contributed by atoms with Gasteiger partial charge in [-0.3, -0.25) is 9.59 Å². The molecular weight excluding hydrogens is 254 g/mol. The minimum absolute atomic E-state index is 0. The third-order valence-corrected chi connectivity index (χ3v) is 2.51. The number of carbonyl (C=O) groups excluding carboxylic acids is 2. The van der Waals surface area contributed by atoms with Gasteiger partial charge in [-0.05, 0) is 19.4 Å². The summed E-state index contributed by atoms with van der Waals surface area (Å²) in [5.41, 5.74) is 0. The van der Waals surface area contributed by atoms with Gasteiger partial charge in [0, 0.05) is 26.6 Å². The van der Waals surface area contributed by atoms with Crippen molar-refractivity contribution < 1.29 is 9.59 Å². The number of rotatable bonds is 8. The van der Waals surface area contributed by atoms with Crippen molar-refractivity contribution in [3.05, 3.63) is 0 Å². The summed E-state index contributed by atoms with van der Waals surface area (Å²) >= 11 is 0. The van der Waals surface area contributed by atoms with Crippen LogP contribution < -0.4 is 10.6 Å². The Hall–Kier alpha value is -0.810. The Balaban J connectivity index is 0. The average molecular weight is 280 g/mol. The molecule has 18 heavy (non-hydrogen) atoms. The first kappa shape index (κ1) is 19.5. The second-order valence-electron chi connectivity index (χ2n) is 4.63. The van der Waals surface area contributed by atoms with E-state index in [9.17, 15) is 9.59 Å². The van der Waals surface area contributed by atoms with E-state index in [-0.39, 0.29) is 30.8 Å². The van der Waals surface area contributed by atoms with Crippen LogP contribution in [0, 0.1) is 5.92 Å². The number of halogens is 1. The zero-order valence-electron chi connectivity index (χ0n) is 11.8. The second-order valence-corrected chi connectivity index (χ2v) is 4.63. The van der Waals surface area contributed by atoms with Crippen molar-refractivity contribution in [3.63, 3.8) is 0 Å². The van der Waals surface area contributed by atoms with Crippen molar-refractivity contribution in [2.75, 3.05) is 33.7 Å². The summed E-state index contributed by atoms with van der Waals surface area (Å²) < 4.78 is 0. The van der Waals surface area contributed by atoms with Crippen LogP contribution in [-0.4, -0.2) is 50.4 Å². The van der Waals surface area contributed by atoms with Gasteiger partial charge < -0.3 is 15.5 Å². The third-order valence-electron chi connectivity index (χ3n) is 2.51. The number of likely N-dealkylation sites (N-methyl/N-ethyl adjacent to an activating group) is 2. The highest BCUT2D eigenvalue weighted by molar-refractivity contribution is 5.85. The van der Waals surface area contributed by atoms with Gasteiger partial charge in [-0.15, -0.1) is 12.4 Å². The molecular formula is C12H26ClN3O2. The van der Waals surface area contributed by atoms with E-state index in [1.165, 1.54) is 0 Å². The summed E-state index contributed by atoms with van der Waals surface area (Å²) in [7, 11) is 3.58. The molecule has 0 aliphatic rings. The molecule has 2 amide bonds. The zero-order valence-corrected chi connectivity index (χ0v) is 12.6. The molecule has 0 atom stereocenters. The van der Waals surface area contributed by atoms with Gasteiger partial charge >= 0.3 is 0 Å². The SMILES string of the molecule is CNCCN(C)C(=O)CNC(=O)CCC(C)C.Cl. The molecule has 0 aliphatic heterocycles. The maximum absolute atomic E-state index is 11.6. The minimum Gasteiger partial charge on any atom is -0.347 e. The summed E-state index contributed by atoms with van der Waals surface area (Å²) in [6, 6.07) is 0. The van der Waals surface area contributed by atoms with Gasteiger partial charge in [0.15, 0.2) is 0 Å². The van der Waals surface area contributed by atoms with E-state index < -0.39 is 0 Å². The molecule has 2 N–H and O–H groups in total.